The number of benzene rings is 1. The third-order valence-corrected chi connectivity index (χ3v) is 6.04. The summed E-state index contributed by atoms with van der Waals surface area (Å²) in [6.07, 6.45) is 3.09. The topological polar surface area (TPSA) is 64.4 Å². The second-order valence-corrected chi connectivity index (χ2v) is 8.21. The summed E-state index contributed by atoms with van der Waals surface area (Å²) in [6, 6.07) is 7.88. The molecule has 2 aromatic rings. The van der Waals surface area contributed by atoms with E-state index in [0.29, 0.717) is 28.5 Å². The summed E-state index contributed by atoms with van der Waals surface area (Å²) in [5.41, 5.74) is 2.60. The monoisotopic (exact) mass is 417 g/mol. The fourth-order valence-electron chi connectivity index (χ4n) is 4.12. The molecule has 0 N–H and O–H groups in total. The van der Waals surface area contributed by atoms with Crippen LogP contribution < -0.4 is 0 Å². The number of aryl methyl sites for hydroxylation is 1. The minimum atomic E-state index is -0.518. The number of hydrogen-bond donors (Lipinski definition) is 0. The molecular formula is C22H28ClN3O3. The number of esters is 1. The number of hydrogen-bond acceptors (Lipinski definition) is 4. The van der Waals surface area contributed by atoms with E-state index in [0.717, 1.165) is 24.8 Å². The highest BCUT2D eigenvalue weighted by Gasteiger charge is 2.30. The van der Waals surface area contributed by atoms with E-state index < -0.39 is 5.97 Å². The van der Waals surface area contributed by atoms with Crippen LogP contribution in [0.5, 0.6) is 0 Å². The molecule has 29 heavy (non-hydrogen) atoms. The molecule has 1 aromatic carbocycles. The first-order chi connectivity index (χ1) is 13.8. The normalized spacial score (nSPS) is 19.3. The van der Waals surface area contributed by atoms with Crippen molar-refractivity contribution in [2.75, 3.05) is 6.61 Å². The van der Waals surface area contributed by atoms with Gasteiger partial charge in [0.05, 0.1) is 17.9 Å². The highest BCUT2D eigenvalue weighted by atomic mass is 35.5. The molecule has 6 nitrogen and oxygen atoms in total. The van der Waals surface area contributed by atoms with Crippen molar-refractivity contribution < 1.29 is 14.3 Å². The van der Waals surface area contributed by atoms with Crippen LogP contribution in [0.4, 0.5) is 0 Å². The average Bonchev–Trinajstić information content (AvgIpc) is 2.95. The molecule has 0 bridgehead atoms. The van der Waals surface area contributed by atoms with Crippen LogP contribution in [0.1, 0.15) is 60.4 Å². The molecular weight excluding hydrogens is 390 g/mol. The summed E-state index contributed by atoms with van der Waals surface area (Å²) in [6.45, 7) is 7.89. The Labute approximate surface area is 176 Å². The third kappa shape index (κ3) is 4.64. The summed E-state index contributed by atoms with van der Waals surface area (Å²) >= 11 is 6.24. The van der Waals surface area contributed by atoms with Gasteiger partial charge in [0.1, 0.15) is 5.56 Å². The summed E-state index contributed by atoms with van der Waals surface area (Å²) in [5, 5.41) is 5.12. The molecule has 7 heteroatoms. The summed E-state index contributed by atoms with van der Waals surface area (Å²) < 4.78 is 7.12. The van der Waals surface area contributed by atoms with Gasteiger partial charge < -0.3 is 9.64 Å². The molecule has 3 rings (SSSR count). The number of carbonyl (C=O) groups is 2. The van der Waals surface area contributed by atoms with E-state index in [-0.39, 0.29) is 24.6 Å². The molecule has 0 radical (unpaired) electrons. The van der Waals surface area contributed by atoms with Gasteiger partial charge in [0.2, 0.25) is 0 Å². The zero-order chi connectivity index (χ0) is 21.1. The van der Waals surface area contributed by atoms with Crippen LogP contribution in [0.25, 0.3) is 0 Å². The smallest absolute Gasteiger partial charge is 0.342 e. The van der Waals surface area contributed by atoms with Gasteiger partial charge in [0.25, 0.3) is 5.91 Å². The Morgan fingerprint density at radius 1 is 1.17 bits per heavy atom. The molecule has 2 atom stereocenters. The summed E-state index contributed by atoms with van der Waals surface area (Å²) in [7, 11) is 0. The second kappa shape index (κ2) is 8.99. The Kier molecular flexibility index (Phi) is 6.63. The predicted octanol–water partition coefficient (Wildman–Crippen LogP) is 4.15. The van der Waals surface area contributed by atoms with E-state index in [1.54, 1.807) is 11.6 Å². The highest BCUT2D eigenvalue weighted by Crippen LogP contribution is 2.23. The number of ether oxygens (including phenoxy) is 1. The van der Waals surface area contributed by atoms with Gasteiger partial charge in [-0.05, 0) is 58.6 Å². The van der Waals surface area contributed by atoms with Crippen molar-refractivity contribution in [3.05, 3.63) is 51.8 Å². The first kappa shape index (κ1) is 21.4. The standard InChI is InChI=1S/C22H28ClN3O3/c1-14-8-7-9-15(2)26(14)20(27)13-29-22(28)21-16(3)24-25(17(21)4)12-18-10-5-6-11-19(18)23/h5-6,10-11,14-15H,7-9,12-13H2,1-4H3/t14-,15-/m0/s1. The van der Waals surface area contributed by atoms with Crippen molar-refractivity contribution in [2.24, 2.45) is 0 Å². The molecule has 0 unspecified atom stereocenters. The van der Waals surface area contributed by atoms with Crippen molar-refractivity contribution in [3.8, 4) is 0 Å². The van der Waals surface area contributed by atoms with Gasteiger partial charge in [-0.2, -0.15) is 5.10 Å². The number of piperidine rings is 1. The van der Waals surface area contributed by atoms with E-state index >= 15 is 0 Å². The first-order valence-electron chi connectivity index (χ1n) is 10.0. The quantitative estimate of drug-likeness (QED) is 0.685. The number of carbonyl (C=O) groups excluding carboxylic acids is 2. The van der Waals surface area contributed by atoms with Gasteiger partial charge in [-0.3, -0.25) is 9.48 Å². The molecule has 0 saturated carbocycles. The lowest BCUT2D eigenvalue weighted by Gasteiger charge is -2.38. The van der Waals surface area contributed by atoms with E-state index in [2.05, 4.69) is 5.10 Å². The minimum Gasteiger partial charge on any atom is -0.452 e. The van der Waals surface area contributed by atoms with Crippen molar-refractivity contribution in [2.45, 2.75) is 65.6 Å². The van der Waals surface area contributed by atoms with Gasteiger partial charge >= 0.3 is 5.97 Å². The lowest BCUT2D eigenvalue weighted by atomic mass is 9.97. The maximum atomic E-state index is 12.7. The Balaban J connectivity index is 1.69. The summed E-state index contributed by atoms with van der Waals surface area (Å²) in [5.74, 6) is -0.659. The maximum Gasteiger partial charge on any atom is 0.342 e. The zero-order valence-corrected chi connectivity index (χ0v) is 18.2. The molecule has 1 fully saturated rings. The Morgan fingerprint density at radius 2 is 1.83 bits per heavy atom. The number of amides is 1. The predicted molar refractivity (Wildman–Crippen MR) is 112 cm³/mol. The zero-order valence-electron chi connectivity index (χ0n) is 17.4. The van der Waals surface area contributed by atoms with Gasteiger partial charge in [-0.15, -0.1) is 0 Å². The largest absolute Gasteiger partial charge is 0.452 e. The van der Waals surface area contributed by atoms with Crippen molar-refractivity contribution in [1.82, 2.24) is 14.7 Å². The second-order valence-electron chi connectivity index (χ2n) is 7.80. The highest BCUT2D eigenvalue weighted by molar-refractivity contribution is 6.31. The van der Waals surface area contributed by atoms with Gasteiger partial charge in [0, 0.05) is 17.1 Å². The van der Waals surface area contributed by atoms with Crippen LogP contribution in [0.2, 0.25) is 5.02 Å². The fraction of sp³-hybridized carbons (Fsp3) is 0.500. The first-order valence-corrected chi connectivity index (χ1v) is 10.4. The number of likely N-dealkylation sites (tertiary alicyclic amines) is 1. The van der Waals surface area contributed by atoms with Crippen LogP contribution in [-0.4, -0.2) is 45.2 Å². The fourth-order valence-corrected chi connectivity index (χ4v) is 4.32. The van der Waals surface area contributed by atoms with Crippen LogP contribution >= 0.6 is 11.6 Å². The SMILES string of the molecule is Cc1nn(Cc2ccccc2Cl)c(C)c1C(=O)OCC(=O)N1[C@@H](C)CCC[C@@H]1C. The lowest BCUT2D eigenvalue weighted by Crippen LogP contribution is -2.49. The van der Waals surface area contributed by atoms with Crippen LogP contribution in [0, 0.1) is 13.8 Å². The number of rotatable bonds is 5. The minimum absolute atomic E-state index is 0.142. The lowest BCUT2D eigenvalue weighted by molar-refractivity contribution is -0.140. The van der Waals surface area contributed by atoms with Crippen LogP contribution in [0.15, 0.2) is 24.3 Å². The van der Waals surface area contributed by atoms with Crippen molar-refractivity contribution in [3.63, 3.8) is 0 Å². The van der Waals surface area contributed by atoms with Gasteiger partial charge in [-0.1, -0.05) is 29.8 Å². The Hall–Kier alpha value is -2.34. The number of halogens is 1. The molecule has 156 valence electrons. The van der Waals surface area contributed by atoms with Crippen molar-refractivity contribution in [1.29, 1.82) is 0 Å². The molecule has 0 aliphatic carbocycles. The molecule has 1 amide bonds. The Morgan fingerprint density at radius 3 is 2.48 bits per heavy atom. The molecule has 1 aromatic heterocycles. The number of nitrogens with zero attached hydrogens (tertiary/aromatic N) is 3. The van der Waals surface area contributed by atoms with Crippen LogP contribution in [0.3, 0.4) is 0 Å². The Bertz CT molecular complexity index is 899. The summed E-state index contributed by atoms with van der Waals surface area (Å²) in [4.78, 5) is 27.2. The molecule has 1 aliphatic heterocycles. The van der Waals surface area contributed by atoms with E-state index in [4.69, 9.17) is 16.3 Å². The van der Waals surface area contributed by atoms with E-state index in [1.807, 2.05) is 49.9 Å². The van der Waals surface area contributed by atoms with E-state index in [9.17, 15) is 9.59 Å². The van der Waals surface area contributed by atoms with Crippen molar-refractivity contribution >= 4 is 23.5 Å². The molecule has 2 heterocycles. The average molecular weight is 418 g/mol. The van der Waals surface area contributed by atoms with E-state index in [1.165, 1.54) is 0 Å². The molecule has 1 aliphatic rings. The maximum absolute atomic E-state index is 12.7. The molecule has 1 saturated heterocycles. The molecule has 0 spiro atoms. The van der Waals surface area contributed by atoms with Crippen LogP contribution in [-0.2, 0) is 16.1 Å². The number of aromatic nitrogens is 2. The third-order valence-electron chi connectivity index (χ3n) is 5.67. The van der Waals surface area contributed by atoms with Gasteiger partial charge in [0.15, 0.2) is 6.61 Å². The van der Waals surface area contributed by atoms with Gasteiger partial charge in [-0.25, -0.2) is 4.79 Å².